The molecule has 4 heteroatoms. The van der Waals surface area contributed by atoms with Crippen LogP contribution in [0.4, 0.5) is 0 Å². The summed E-state index contributed by atoms with van der Waals surface area (Å²) in [5.74, 6) is 2.79. The van der Waals surface area contributed by atoms with Crippen LogP contribution in [0.25, 0.3) is 0 Å². The molecule has 0 aliphatic carbocycles. The van der Waals surface area contributed by atoms with Crippen LogP contribution >= 0.6 is 11.8 Å². The number of rotatable bonds is 5. The second kappa shape index (κ2) is 4.38. The van der Waals surface area contributed by atoms with Crippen molar-refractivity contribution in [3.8, 4) is 0 Å². The Morgan fingerprint density at radius 2 is 2.36 bits per heavy atom. The first kappa shape index (κ1) is 10.1. The zero-order chi connectivity index (χ0) is 9.86. The van der Waals surface area contributed by atoms with Crippen molar-refractivity contribution in [2.24, 2.45) is 5.41 Å². The van der Waals surface area contributed by atoms with Crippen molar-refractivity contribution >= 4 is 11.8 Å². The minimum absolute atomic E-state index is 0.0112. The lowest BCUT2D eigenvalue weighted by Crippen LogP contribution is -2.47. The van der Waals surface area contributed by atoms with Crippen LogP contribution in [0.2, 0.25) is 0 Å². The fourth-order valence-corrected chi connectivity index (χ4v) is 2.53. The van der Waals surface area contributed by atoms with Gasteiger partial charge >= 0.3 is 0 Å². The summed E-state index contributed by atoms with van der Waals surface area (Å²) in [6.07, 6.45) is 1.68. The van der Waals surface area contributed by atoms with Crippen molar-refractivity contribution in [3.63, 3.8) is 0 Å². The summed E-state index contributed by atoms with van der Waals surface area (Å²) in [7, 11) is 0. The van der Waals surface area contributed by atoms with Gasteiger partial charge < -0.3 is 14.3 Å². The predicted octanol–water partition coefficient (Wildman–Crippen LogP) is 1.52. The molecule has 1 N–H and O–H groups in total. The van der Waals surface area contributed by atoms with E-state index < -0.39 is 0 Å². The van der Waals surface area contributed by atoms with E-state index >= 15 is 0 Å². The van der Waals surface area contributed by atoms with Crippen LogP contribution in [-0.2, 0) is 10.5 Å². The van der Waals surface area contributed by atoms with Crippen molar-refractivity contribution in [1.29, 1.82) is 0 Å². The maximum atomic E-state index is 9.18. The summed E-state index contributed by atoms with van der Waals surface area (Å²) in [6.45, 7) is 1.60. The van der Waals surface area contributed by atoms with Gasteiger partial charge in [-0.2, -0.15) is 11.8 Å². The predicted molar refractivity (Wildman–Crippen MR) is 55.2 cm³/mol. The second-order valence-electron chi connectivity index (χ2n) is 3.72. The summed E-state index contributed by atoms with van der Waals surface area (Å²) in [6, 6.07) is 3.86. The van der Waals surface area contributed by atoms with Gasteiger partial charge in [-0.3, -0.25) is 0 Å². The summed E-state index contributed by atoms with van der Waals surface area (Å²) in [5.41, 5.74) is 0.0112. The Bertz CT molecular complexity index is 261. The van der Waals surface area contributed by atoms with E-state index in [0.29, 0.717) is 13.2 Å². The van der Waals surface area contributed by atoms with E-state index in [1.165, 1.54) is 0 Å². The van der Waals surface area contributed by atoms with Crippen LogP contribution in [0.15, 0.2) is 22.8 Å². The molecule has 0 saturated carbocycles. The highest BCUT2D eigenvalue weighted by Gasteiger charge is 2.37. The third kappa shape index (κ3) is 2.13. The minimum atomic E-state index is 0.0112. The molecule has 1 aromatic heterocycles. The first-order valence-electron chi connectivity index (χ1n) is 4.63. The number of furan rings is 1. The molecule has 0 spiro atoms. The average Bonchev–Trinajstić information content (AvgIpc) is 2.62. The van der Waals surface area contributed by atoms with E-state index in [1.807, 2.05) is 12.1 Å². The highest BCUT2D eigenvalue weighted by atomic mass is 32.2. The molecule has 78 valence electrons. The zero-order valence-electron chi connectivity index (χ0n) is 7.94. The molecule has 3 nitrogen and oxygen atoms in total. The van der Waals surface area contributed by atoms with Crippen molar-refractivity contribution in [3.05, 3.63) is 24.2 Å². The van der Waals surface area contributed by atoms with Gasteiger partial charge in [0.05, 0.1) is 31.8 Å². The van der Waals surface area contributed by atoms with E-state index in [9.17, 15) is 5.11 Å². The largest absolute Gasteiger partial charge is 0.468 e. The second-order valence-corrected chi connectivity index (χ2v) is 4.71. The van der Waals surface area contributed by atoms with Crippen molar-refractivity contribution in [2.75, 3.05) is 25.6 Å². The van der Waals surface area contributed by atoms with Gasteiger partial charge in [0.2, 0.25) is 0 Å². The third-order valence-corrected chi connectivity index (χ3v) is 3.69. The molecule has 0 bridgehead atoms. The molecule has 14 heavy (non-hydrogen) atoms. The Labute approximate surface area is 87.4 Å². The molecule has 0 aromatic carbocycles. The molecule has 2 rings (SSSR count). The molecule has 2 heterocycles. The van der Waals surface area contributed by atoms with E-state index in [1.54, 1.807) is 18.0 Å². The first-order valence-corrected chi connectivity index (χ1v) is 5.79. The number of aliphatic hydroxyl groups excluding tert-OH is 1. The molecule has 1 aliphatic rings. The van der Waals surface area contributed by atoms with Crippen LogP contribution < -0.4 is 0 Å². The van der Waals surface area contributed by atoms with E-state index in [2.05, 4.69) is 0 Å². The van der Waals surface area contributed by atoms with E-state index in [4.69, 9.17) is 9.15 Å². The Hall–Kier alpha value is -0.450. The molecule has 1 aliphatic heterocycles. The molecule has 0 unspecified atom stereocenters. The maximum absolute atomic E-state index is 9.18. The SMILES string of the molecule is OCC1(CSCc2ccco2)COC1. The quantitative estimate of drug-likeness (QED) is 0.807. The van der Waals surface area contributed by atoms with Gasteiger partial charge in [-0.15, -0.1) is 0 Å². The summed E-state index contributed by atoms with van der Waals surface area (Å²) < 4.78 is 10.3. The number of thioether (sulfide) groups is 1. The number of ether oxygens (including phenoxy) is 1. The van der Waals surface area contributed by atoms with Gasteiger partial charge in [-0.05, 0) is 12.1 Å². The van der Waals surface area contributed by atoms with Gasteiger partial charge in [-0.25, -0.2) is 0 Å². The lowest BCUT2D eigenvalue weighted by molar-refractivity contribution is -0.121. The van der Waals surface area contributed by atoms with Crippen LogP contribution in [0.5, 0.6) is 0 Å². The van der Waals surface area contributed by atoms with Crippen molar-refractivity contribution in [2.45, 2.75) is 5.75 Å². The van der Waals surface area contributed by atoms with Crippen LogP contribution in [0.1, 0.15) is 5.76 Å². The molecule has 1 aromatic rings. The molecule has 0 radical (unpaired) electrons. The van der Waals surface area contributed by atoms with Gasteiger partial charge in [0.25, 0.3) is 0 Å². The third-order valence-electron chi connectivity index (χ3n) is 2.38. The summed E-state index contributed by atoms with van der Waals surface area (Å²) >= 11 is 1.78. The standard InChI is InChI=1S/C10H14O3S/c11-5-10(6-12-7-10)8-14-4-9-2-1-3-13-9/h1-3,11H,4-8H2. The van der Waals surface area contributed by atoms with Crippen LogP contribution in [-0.4, -0.2) is 30.7 Å². The highest BCUT2D eigenvalue weighted by molar-refractivity contribution is 7.98. The molecule has 1 saturated heterocycles. The lowest BCUT2D eigenvalue weighted by atomic mass is 9.90. The van der Waals surface area contributed by atoms with Gasteiger partial charge in [-0.1, -0.05) is 0 Å². The summed E-state index contributed by atoms with van der Waals surface area (Å²) in [5, 5.41) is 9.18. The average molecular weight is 214 g/mol. The zero-order valence-corrected chi connectivity index (χ0v) is 8.76. The Kier molecular flexibility index (Phi) is 3.15. The molecule has 0 amide bonds. The lowest BCUT2D eigenvalue weighted by Gasteiger charge is -2.39. The monoisotopic (exact) mass is 214 g/mol. The maximum Gasteiger partial charge on any atom is 0.113 e. The Morgan fingerprint density at radius 1 is 1.50 bits per heavy atom. The van der Waals surface area contributed by atoms with Crippen LogP contribution in [0, 0.1) is 5.41 Å². The Morgan fingerprint density at radius 3 is 2.86 bits per heavy atom. The van der Waals surface area contributed by atoms with Gasteiger partial charge in [0.1, 0.15) is 5.76 Å². The number of aliphatic hydroxyl groups is 1. The highest BCUT2D eigenvalue weighted by Crippen LogP contribution is 2.32. The number of hydrogen-bond donors (Lipinski definition) is 1. The normalized spacial score (nSPS) is 19.2. The fourth-order valence-electron chi connectivity index (χ4n) is 1.37. The molecular weight excluding hydrogens is 200 g/mol. The van der Waals surface area contributed by atoms with Crippen molar-refractivity contribution < 1.29 is 14.3 Å². The molecular formula is C10H14O3S. The van der Waals surface area contributed by atoms with Crippen molar-refractivity contribution in [1.82, 2.24) is 0 Å². The van der Waals surface area contributed by atoms with Gasteiger partial charge in [0, 0.05) is 11.2 Å². The first-order chi connectivity index (χ1) is 6.85. The van der Waals surface area contributed by atoms with Gasteiger partial charge in [0.15, 0.2) is 0 Å². The van der Waals surface area contributed by atoms with E-state index in [0.717, 1.165) is 17.3 Å². The fraction of sp³-hybridized carbons (Fsp3) is 0.600. The van der Waals surface area contributed by atoms with Crippen LogP contribution in [0.3, 0.4) is 0 Å². The van der Waals surface area contributed by atoms with E-state index in [-0.39, 0.29) is 12.0 Å². The molecule has 0 atom stereocenters. The number of hydrogen-bond acceptors (Lipinski definition) is 4. The topological polar surface area (TPSA) is 42.6 Å². The smallest absolute Gasteiger partial charge is 0.113 e. The molecule has 1 fully saturated rings. The minimum Gasteiger partial charge on any atom is -0.468 e. The Balaban J connectivity index is 1.72. The summed E-state index contributed by atoms with van der Waals surface area (Å²) in [4.78, 5) is 0.